The van der Waals surface area contributed by atoms with Gasteiger partial charge in [-0.05, 0) is 62.5 Å². The summed E-state index contributed by atoms with van der Waals surface area (Å²) < 4.78 is 1.92. The summed E-state index contributed by atoms with van der Waals surface area (Å²) in [4.78, 5) is 25.2. The number of nitrogens with zero attached hydrogens (tertiary/aromatic N) is 9. The number of benzene rings is 1. The van der Waals surface area contributed by atoms with Crippen LogP contribution in [0.25, 0.3) is 22.5 Å². The molecule has 198 valence electrons. The number of nitrogens with one attached hydrogen (secondary N) is 1. The molecule has 4 aromatic rings. The van der Waals surface area contributed by atoms with Crippen LogP contribution in [-0.4, -0.2) is 80.3 Å². The smallest absolute Gasteiger partial charge is 0.227 e. The predicted octanol–water partition coefficient (Wildman–Crippen LogP) is 4.10. The zero-order chi connectivity index (χ0) is 26.6. The van der Waals surface area contributed by atoms with E-state index in [0.717, 1.165) is 72.4 Å². The summed E-state index contributed by atoms with van der Waals surface area (Å²) in [5.74, 6) is 1.60. The Morgan fingerprint density at radius 2 is 1.82 bits per heavy atom. The van der Waals surface area contributed by atoms with E-state index in [-0.39, 0.29) is 0 Å². The molecule has 0 bridgehead atoms. The second-order valence-corrected chi connectivity index (χ2v) is 9.66. The third kappa shape index (κ3) is 5.51. The Labute approximate surface area is 228 Å². The standard InChI is InChI=1S/C29H32N10/c1-3-39-20-25(28(35-39)22-5-4-12-30-19-22)26-10-13-31-29(34-26)33-23-6-8-24(9-7-23)38-14-11-27(32-21-38)37-17-15-36(2)16-18-37/h4-14,19-20H,3,15-18,21H2,1-2H3,(H,31,33,34). The van der Waals surface area contributed by atoms with Crippen molar-refractivity contribution in [1.82, 2.24) is 34.5 Å². The maximum absolute atomic E-state index is 4.82. The fourth-order valence-electron chi connectivity index (χ4n) is 4.73. The molecule has 10 heteroatoms. The van der Waals surface area contributed by atoms with Gasteiger partial charge in [0.05, 0.1) is 5.69 Å². The van der Waals surface area contributed by atoms with Crippen molar-refractivity contribution in [2.45, 2.75) is 13.5 Å². The number of likely N-dealkylation sites (N-methyl/N-ethyl adjacent to an activating group) is 1. The quantitative estimate of drug-likeness (QED) is 0.406. The molecule has 0 amide bonds. The van der Waals surface area contributed by atoms with Gasteiger partial charge in [0.2, 0.25) is 5.95 Å². The summed E-state index contributed by atoms with van der Waals surface area (Å²) in [5, 5.41) is 8.09. The van der Waals surface area contributed by atoms with Crippen LogP contribution in [0.2, 0.25) is 0 Å². The summed E-state index contributed by atoms with van der Waals surface area (Å²) in [6, 6.07) is 14.1. The monoisotopic (exact) mass is 520 g/mol. The minimum Gasteiger partial charge on any atom is -0.354 e. The molecule has 5 heterocycles. The van der Waals surface area contributed by atoms with Gasteiger partial charge in [0.15, 0.2) is 0 Å². The summed E-state index contributed by atoms with van der Waals surface area (Å²) in [6.07, 6.45) is 11.6. The second-order valence-electron chi connectivity index (χ2n) is 9.66. The van der Waals surface area contributed by atoms with Gasteiger partial charge in [0.1, 0.15) is 18.2 Å². The van der Waals surface area contributed by atoms with Crippen LogP contribution in [0.15, 0.2) is 84.5 Å². The lowest BCUT2D eigenvalue weighted by molar-refractivity contribution is 0.215. The summed E-state index contributed by atoms with van der Waals surface area (Å²) in [7, 11) is 2.17. The first-order valence-electron chi connectivity index (χ1n) is 13.3. The molecular formula is C29H32N10. The number of aliphatic imine (C=N–C) groups is 1. The first-order valence-corrected chi connectivity index (χ1v) is 13.3. The van der Waals surface area contributed by atoms with Crippen molar-refractivity contribution in [1.29, 1.82) is 0 Å². The number of hydrogen-bond donors (Lipinski definition) is 1. The normalized spacial score (nSPS) is 15.9. The fourth-order valence-corrected chi connectivity index (χ4v) is 4.73. The van der Waals surface area contributed by atoms with Gasteiger partial charge in [-0.15, -0.1) is 0 Å². The fraction of sp³-hybridized carbons (Fsp3) is 0.276. The van der Waals surface area contributed by atoms with Gasteiger partial charge in [-0.3, -0.25) is 9.67 Å². The predicted molar refractivity (Wildman–Crippen MR) is 155 cm³/mol. The Morgan fingerprint density at radius 3 is 2.54 bits per heavy atom. The molecule has 0 saturated carbocycles. The molecule has 0 radical (unpaired) electrons. The zero-order valence-electron chi connectivity index (χ0n) is 22.3. The maximum Gasteiger partial charge on any atom is 0.227 e. The lowest BCUT2D eigenvalue weighted by atomic mass is 10.1. The van der Waals surface area contributed by atoms with E-state index in [0.29, 0.717) is 12.6 Å². The highest BCUT2D eigenvalue weighted by molar-refractivity contribution is 5.94. The number of amidine groups is 1. The summed E-state index contributed by atoms with van der Waals surface area (Å²) in [5.41, 5.74) is 5.55. The number of hydrogen-bond acceptors (Lipinski definition) is 9. The lowest BCUT2D eigenvalue weighted by Crippen LogP contribution is -2.47. The van der Waals surface area contributed by atoms with E-state index < -0.39 is 0 Å². The molecule has 2 aliphatic heterocycles. The van der Waals surface area contributed by atoms with Crippen LogP contribution in [0, 0.1) is 0 Å². The van der Waals surface area contributed by atoms with Crippen LogP contribution in [0.1, 0.15) is 6.92 Å². The first-order chi connectivity index (χ1) is 19.2. The molecule has 10 nitrogen and oxygen atoms in total. The Bertz CT molecular complexity index is 1470. The summed E-state index contributed by atoms with van der Waals surface area (Å²) in [6.45, 7) is 7.64. The Balaban J connectivity index is 1.14. The SMILES string of the molecule is CCn1cc(-c2ccnc(Nc3ccc(N4C=CC(N5CCN(C)CC5)=NC4)cc3)n2)c(-c2cccnc2)n1. The number of rotatable bonds is 6. The van der Waals surface area contributed by atoms with Crippen molar-refractivity contribution in [3.63, 3.8) is 0 Å². The van der Waals surface area contributed by atoms with E-state index in [4.69, 9.17) is 15.1 Å². The van der Waals surface area contributed by atoms with Crippen molar-refractivity contribution in [3.8, 4) is 22.5 Å². The van der Waals surface area contributed by atoms with Crippen LogP contribution < -0.4 is 10.2 Å². The molecule has 0 spiro atoms. The molecule has 0 unspecified atom stereocenters. The molecule has 2 aliphatic rings. The number of aryl methyl sites for hydroxylation is 1. The Morgan fingerprint density at radius 1 is 0.974 bits per heavy atom. The van der Waals surface area contributed by atoms with E-state index in [9.17, 15) is 0 Å². The minimum atomic E-state index is 0.529. The van der Waals surface area contributed by atoms with Crippen LogP contribution >= 0.6 is 0 Å². The van der Waals surface area contributed by atoms with Gasteiger partial charge >= 0.3 is 0 Å². The largest absolute Gasteiger partial charge is 0.354 e. The van der Waals surface area contributed by atoms with Crippen LogP contribution in [-0.2, 0) is 6.54 Å². The minimum absolute atomic E-state index is 0.529. The molecule has 1 aromatic carbocycles. The van der Waals surface area contributed by atoms with Crippen molar-refractivity contribution in [2.24, 2.45) is 4.99 Å². The van der Waals surface area contributed by atoms with Crippen molar-refractivity contribution < 1.29 is 0 Å². The van der Waals surface area contributed by atoms with E-state index >= 15 is 0 Å². The van der Waals surface area contributed by atoms with Gasteiger partial charge in [0.25, 0.3) is 0 Å². The molecule has 1 fully saturated rings. The molecule has 0 aliphatic carbocycles. The van der Waals surface area contributed by atoms with Crippen LogP contribution in [0.3, 0.4) is 0 Å². The molecule has 6 rings (SSSR count). The van der Waals surface area contributed by atoms with Crippen LogP contribution in [0.5, 0.6) is 0 Å². The number of pyridine rings is 1. The first kappa shape index (κ1) is 24.7. The van der Waals surface area contributed by atoms with E-state index in [1.54, 1.807) is 12.4 Å². The topological polar surface area (TPSA) is 90.6 Å². The number of aromatic nitrogens is 5. The van der Waals surface area contributed by atoms with Crippen LogP contribution in [0.4, 0.5) is 17.3 Å². The third-order valence-corrected chi connectivity index (χ3v) is 7.02. The lowest BCUT2D eigenvalue weighted by Gasteiger charge is -2.35. The van der Waals surface area contributed by atoms with Gasteiger partial charge in [0, 0.05) is 86.2 Å². The van der Waals surface area contributed by atoms with Crippen molar-refractivity contribution >= 4 is 23.2 Å². The zero-order valence-corrected chi connectivity index (χ0v) is 22.3. The van der Waals surface area contributed by atoms with Gasteiger partial charge in [-0.2, -0.15) is 5.10 Å². The second kappa shape index (κ2) is 11.0. The van der Waals surface area contributed by atoms with E-state index in [1.807, 2.05) is 47.4 Å². The maximum atomic E-state index is 4.82. The average molecular weight is 521 g/mol. The van der Waals surface area contributed by atoms with Gasteiger partial charge in [-0.1, -0.05) is 0 Å². The summed E-state index contributed by atoms with van der Waals surface area (Å²) >= 11 is 0. The molecule has 1 N–H and O–H groups in total. The highest BCUT2D eigenvalue weighted by Gasteiger charge is 2.19. The number of anilines is 3. The molecule has 0 atom stereocenters. The Kier molecular flexibility index (Phi) is 7.01. The van der Waals surface area contributed by atoms with Crippen molar-refractivity contribution in [2.75, 3.05) is 50.1 Å². The third-order valence-electron chi connectivity index (χ3n) is 7.02. The van der Waals surface area contributed by atoms with E-state index in [1.165, 1.54) is 0 Å². The van der Waals surface area contributed by atoms with Crippen molar-refractivity contribution in [3.05, 3.63) is 79.5 Å². The van der Waals surface area contributed by atoms with E-state index in [2.05, 4.69) is 68.4 Å². The highest BCUT2D eigenvalue weighted by Crippen LogP contribution is 2.30. The Hall–Kier alpha value is -4.57. The number of piperazine rings is 1. The van der Waals surface area contributed by atoms with Gasteiger partial charge in [-0.25, -0.2) is 15.0 Å². The molecule has 3 aromatic heterocycles. The highest BCUT2D eigenvalue weighted by atomic mass is 15.3. The average Bonchev–Trinajstić information content (AvgIpc) is 3.44. The molecular weight excluding hydrogens is 488 g/mol. The molecule has 1 saturated heterocycles. The van der Waals surface area contributed by atoms with Gasteiger partial charge < -0.3 is 20.0 Å². The molecule has 39 heavy (non-hydrogen) atoms.